The van der Waals surface area contributed by atoms with Crippen LogP contribution in [0.4, 0.5) is 0 Å². The molecule has 1 aliphatic rings. The first-order valence-corrected chi connectivity index (χ1v) is 9.40. The van der Waals surface area contributed by atoms with Gasteiger partial charge in [0.1, 0.15) is 0 Å². The van der Waals surface area contributed by atoms with Crippen molar-refractivity contribution < 1.29 is 4.79 Å². The Bertz CT molecular complexity index is 954. The summed E-state index contributed by atoms with van der Waals surface area (Å²) in [5.74, 6) is 0.0217. The monoisotopic (exact) mass is 344 g/mol. The molecule has 0 bridgehead atoms. The van der Waals surface area contributed by atoms with Gasteiger partial charge in [-0.25, -0.2) is 0 Å². The Balaban J connectivity index is 1.80. The summed E-state index contributed by atoms with van der Waals surface area (Å²) in [6.07, 6.45) is 4.59. The molecule has 1 fully saturated rings. The predicted molar refractivity (Wildman–Crippen MR) is 106 cm³/mol. The molecule has 1 aromatic heterocycles. The van der Waals surface area contributed by atoms with Gasteiger partial charge in [-0.15, -0.1) is 0 Å². The topological polar surface area (TPSA) is 42.0 Å². The van der Waals surface area contributed by atoms with Gasteiger partial charge in [0.15, 0.2) is 0 Å². The van der Waals surface area contributed by atoms with Crippen LogP contribution in [0.25, 0.3) is 22.0 Å². The molecule has 4 rings (SSSR count). The summed E-state index contributed by atoms with van der Waals surface area (Å²) in [6, 6.07) is 16.8. The third kappa shape index (κ3) is 3.22. The molecule has 0 spiro atoms. The number of carbonyl (C=O) groups excluding carboxylic acids is 1. The van der Waals surface area contributed by atoms with Gasteiger partial charge >= 0.3 is 0 Å². The fourth-order valence-corrected chi connectivity index (χ4v) is 3.86. The lowest BCUT2D eigenvalue weighted by atomic mass is 9.98. The van der Waals surface area contributed by atoms with Crippen LogP contribution in [-0.2, 0) is 0 Å². The van der Waals surface area contributed by atoms with Crippen LogP contribution in [0, 0.1) is 13.8 Å². The van der Waals surface area contributed by atoms with Crippen LogP contribution in [0.1, 0.15) is 47.3 Å². The molecule has 0 atom stereocenters. The summed E-state index contributed by atoms with van der Waals surface area (Å²) in [4.78, 5) is 17.7. The number of aromatic nitrogens is 1. The second-order valence-corrected chi connectivity index (χ2v) is 7.33. The van der Waals surface area contributed by atoms with Crippen molar-refractivity contribution in [3.63, 3.8) is 0 Å². The molecule has 0 saturated heterocycles. The highest BCUT2D eigenvalue weighted by atomic mass is 16.1. The number of pyridine rings is 1. The minimum atomic E-state index is 0.0217. The molecule has 2 aromatic carbocycles. The van der Waals surface area contributed by atoms with Crippen molar-refractivity contribution in [2.45, 2.75) is 45.6 Å². The van der Waals surface area contributed by atoms with E-state index in [1.54, 1.807) is 0 Å². The Labute approximate surface area is 154 Å². The molecular formula is C23H24N2O. The first-order chi connectivity index (χ1) is 12.6. The maximum absolute atomic E-state index is 12.9. The number of para-hydroxylation sites is 1. The van der Waals surface area contributed by atoms with E-state index in [0.717, 1.165) is 46.1 Å². The molecule has 0 unspecified atom stereocenters. The fraction of sp³-hybridized carbons (Fsp3) is 0.304. The molecule has 3 heteroatoms. The van der Waals surface area contributed by atoms with Gasteiger partial charge in [0.25, 0.3) is 5.91 Å². The Morgan fingerprint density at radius 2 is 1.77 bits per heavy atom. The number of amides is 1. The lowest BCUT2D eigenvalue weighted by Crippen LogP contribution is -2.32. The average molecular weight is 344 g/mol. The summed E-state index contributed by atoms with van der Waals surface area (Å²) in [5, 5.41) is 4.14. The normalized spacial score (nSPS) is 14.7. The lowest BCUT2D eigenvalue weighted by Gasteiger charge is -2.15. The van der Waals surface area contributed by atoms with Crippen LogP contribution in [-0.4, -0.2) is 16.9 Å². The van der Waals surface area contributed by atoms with E-state index < -0.39 is 0 Å². The number of benzene rings is 2. The molecule has 3 aromatic rings. The second kappa shape index (κ2) is 6.91. The Kier molecular flexibility index (Phi) is 4.46. The van der Waals surface area contributed by atoms with Crippen molar-refractivity contribution in [3.8, 4) is 11.1 Å². The van der Waals surface area contributed by atoms with Gasteiger partial charge in [-0.05, 0) is 38.3 Å². The van der Waals surface area contributed by atoms with Crippen molar-refractivity contribution in [3.05, 3.63) is 65.4 Å². The van der Waals surface area contributed by atoms with E-state index in [1.165, 1.54) is 18.4 Å². The number of nitrogens with zero attached hydrogens (tertiary/aromatic N) is 1. The van der Waals surface area contributed by atoms with Gasteiger partial charge < -0.3 is 5.32 Å². The van der Waals surface area contributed by atoms with Gasteiger partial charge in [-0.1, -0.05) is 60.9 Å². The Hall–Kier alpha value is -2.68. The maximum Gasteiger partial charge on any atom is 0.252 e. The van der Waals surface area contributed by atoms with E-state index in [0.29, 0.717) is 6.04 Å². The van der Waals surface area contributed by atoms with E-state index in [1.807, 2.05) is 25.1 Å². The summed E-state index contributed by atoms with van der Waals surface area (Å²) >= 11 is 0. The van der Waals surface area contributed by atoms with E-state index in [4.69, 9.17) is 4.98 Å². The Morgan fingerprint density at radius 3 is 2.50 bits per heavy atom. The first kappa shape index (κ1) is 16.8. The third-order valence-corrected chi connectivity index (χ3v) is 5.27. The summed E-state index contributed by atoms with van der Waals surface area (Å²) in [5.41, 5.74) is 5.92. The largest absolute Gasteiger partial charge is 0.349 e. The van der Waals surface area contributed by atoms with Crippen molar-refractivity contribution in [1.82, 2.24) is 10.3 Å². The number of hydrogen-bond acceptors (Lipinski definition) is 2. The molecule has 132 valence electrons. The summed E-state index contributed by atoms with van der Waals surface area (Å²) in [6.45, 7) is 4.04. The SMILES string of the molecule is Cc1ccc(-c2cccc3c(C(=O)NC4CCCC4)cc(C)nc23)cc1. The van der Waals surface area contributed by atoms with Crippen molar-refractivity contribution >= 4 is 16.8 Å². The van der Waals surface area contributed by atoms with Gasteiger partial charge in [0, 0.05) is 22.7 Å². The zero-order chi connectivity index (χ0) is 18.1. The zero-order valence-electron chi connectivity index (χ0n) is 15.4. The maximum atomic E-state index is 12.9. The molecule has 0 aliphatic heterocycles. The molecule has 0 radical (unpaired) electrons. The van der Waals surface area contributed by atoms with E-state index in [2.05, 4.69) is 42.6 Å². The molecular weight excluding hydrogens is 320 g/mol. The number of aryl methyl sites for hydroxylation is 2. The van der Waals surface area contributed by atoms with E-state index in [-0.39, 0.29) is 5.91 Å². The fourth-order valence-electron chi connectivity index (χ4n) is 3.86. The smallest absolute Gasteiger partial charge is 0.252 e. The molecule has 26 heavy (non-hydrogen) atoms. The second-order valence-electron chi connectivity index (χ2n) is 7.33. The number of fused-ring (bicyclic) bond motifs is 1. The summed E-state index contributed by atoms with van der Waals surface area (Å²) < 4.78 is 0. The van der Waals surface area contributed by atoms with Crippen LogP contribution in [0.2, 0.25) is 0 Å². The number of rotatable bonds is 3. The van der Waals surface area contributed by atoms with Gasteiger partial charge in [-0.3, -0.25) is 9.78 Å². The average Bonchev–Trinajstić information content (AvgIpc) is 3.14. The molecule has 3 nitrogen and oxygen atoms in total. The standard InChI is InChI=1S/C23H24N2O/c1-15-10-12-17(13-11-15)19-8-5-9-20-21(14-16(2)24-22(19)20)23(26)25-18-6-3-4-7-18/h5,8-14,18H,3-4,6-7H2,1-2H3,(H,25,26). The van der Waals surface area contributed by atoms with Gasteiger partial charge in [0.2, 0.25) is 0 Å². The zero-order valence-corrected chi connectivity index (χ0v) is 15.4. The van der Waals surface area contributed by atoms with Gasteiger partial charge in [-0.2, -0.15) is 0 Å². The Morgan fingerprint density at radius 1 is 1.04 bits per heavy atom. The van der Waals surface area contributed by atoms with Crippen LogP contribution < -0.4 is 5.32 Å². The molecule has 1 heterocycles. The lowest BCUT2D eigenvalue weighted by molar-refractivity contribution is 0.0939. The quantitative estimate of drug-likeness (QED) is 0.710. The third-order valence-electron chi connectivity index (χ3n) is 5.27. The molecule has 1 saturated carbocycles. The number of nitrogens with one attached hydrogen (secondary N) is 1. The van der Waals surface area contributed by atoms with Crippen LogP contribution in [0.3, 0.4) is 0 Å². The van der Waals surface area contributed by atoms with E-state index >= 15 is 0 Å². The van der Waals surface area contributed by atoms with Crippen LogP contribution in [0.5, 0.6) is 0 Å². The minimum absolute atomic E-state index is 0.0217. The molecule has 1 N–H and O–H groups in total. The van der Waals surface area contributed by atoms with Crippen molar-refractivity contribution in [1.29, 1.82) is 0 Å². The number of hydrogen-bond donors (Lipinski definition) is 1. The number of carbonyl (C=O) groups is 1. The highest BCUT2D eigenvalue weighted by molar-refractivity contribution is 6.09. The highest BCUT2D eigenvalue weighted by Crippen LogP contribution is 2.30. The molecule has 1 amide bonds. The predicted octanol–water partition coefficient (Wildman–Crippen LogP) is 5.19. The minimum Gasteiger partial charge on any atom is -0.349 e. The van der Waals surface area contributed by atoms with Crippen molar-refractivity contribution in [2.75, 3.05) is 0 Å². The van der Waals surface area contributed by atoms with Crippen LogP contribution in [0.15, 0.2) is 48.5 Å². The van der Waals surface area contributed by atoms with Crippen LogP contribution >= 0.6 is 0 Å². The highest BCUT2D eigenvalue weighted by Gasteiger charge is 2.20. The molecule has 1 aliphatic carbocycles. The summed E-state index contributed by atoms with van der Waals surface area (Å²) in [7, 11) is 0. The van der Waals surface area contributed by atoms with Gasteiger partial charge in [0.05, 0.1) is 11.1 Å². The van der Waals surface area contributed by atoms with E-state index in [9.17, 15) is 4.79 Å². The first-order valence-electron chi connectivity index (χ1n) is 9.40. The van der Waals surface area contributed by atoms with Crippen molar-refractivity contribution in [2.24, 2.45) is 0 Å².